The van der Waals surface area contributed by atoms with E-state index in [1.54, 1.807) is 12.1 Å². The molecule has 3 atom stereocenters. The average Bonchev–Trinajstić information content (AvgIpc) is 2.52. The summed E-state index contributed by atoms with van der Waals surface area (Å²) in [5.74, 6) is 0.664. The molecule has 1 aromatic carbocycles. The predicted octanol–water partition coefficient (Wildman–Crippen LogP) is 0.689. The van der Waals surface area contributed by atoms with Crippen LogP contribution in [0.4, 0.5) is 0 Å². The highest BCUT2D eigenvalue weighted by atomic mass is 32.1. The fourth-order valence-corrected chi connectivity index (χ4v) is 2.64. The van der Waals surface area contributed by atoms with Gasteiger partial charge in [-0.3, -0.25) is 0 Å². The Balaban J connectivity index is 2.50. The van der Waals surface area contributed by atoms with Crippen molar-refractivity contribution in [2.24, 2.45) is 5.92 Å². The van der Waals surface area contributed by atoms with Gasteiger partial charge in [0.05, 0.1) is 33.4 Å². The molecule has 1 aromatic rings. The molecule has 0 aromatic heterocycles. The van der Waals surface area contributed by atoms with E-state index in [-0.39, 0.29) is 5.11 Å². The molecular weight excluding hydrogens is 306 g/mol. The second-order valence-electron chi connectivity index (χ2n) is 4.65. The molecular formula is C14H17N3O4S. The topological polar surface area (TPSA) is 95.8 Å². The summed E-state index contributed by atoms with van der Waals surface area (Å²) < 4.78 is 15.9. The molecule has 22 heavy (non-hydrogen) atoms. The lowest BCUT2D eigenvalue weighted by Crippen LogP contribution is -2.55. The third-order valence-electron chi connectivity index (χ3n) is 3.46. The van der Waals surface area contributed by atoms with Gasteiger partial charge in [0.2, 0.25) is 5.75 Å². The number of hydrogen-bond donors (Lipinski definition) is 3. The van der Waals surface area contributed by atoms with Crippen molar-refractivity contribution in [1.82, 2.24) is 10.6 Å². The molecule has 0 radical (unpaired) electrons. The maximum atomic E-state index is 9.98. The summed E-state index contributed by atoms with van der Waals surface area (Å²) in [4.78, 5) is 0. The van der Waals surface area contributed by atoms with Crippen molar-refractivity contribution in [1.29, 1.82) is 5.26 Å². The van der Waals surface area contributed by atoms with Crippen molar-refractivity contribution in [2.75, 3.05) is 21.3 Å². The number of nitrogens with one attached hydrogen (secondary N) is 2. The average molecular weight is 323 g/mol. The lowest BCUT2D eigenvalue weighted by atomic mass is 9.90. The van der Waals surface area contributed by atoms with Crippen LogP contribution in [0.5, 0.6) is 17.2 Å². The van der Waals surface area contributed by atoms with Gasteiger partial charge in [0.25, 0.3) is 0 Å². The van der Waals surface area contributed by atoms with Gasteiger partial charge in [0.15, 0.2) is 16.6 Å². The van der Waals surface area contributed by atoms with Crippen molar-refractivity contribution in [3.8, 4) is 23.3 Å². The van der Waals surface area contributed by atoms with E-state index in [9.17, 15) is 10.4 Å². The maximum Gasteiger partial charge on any atom is 0.203 e. The Labute approximate surface area is 133 Å². The minimum atomic E-state index is -1.05. The van der Waals surface area contributed by atoms with E-state index in [1.807, 2.05) is 0 Å². The number of aliphatic hydroxyl groups excluding tert-OH is 1. The first-order chi connectivity index (χ1) is 10.5. The van der Waals surface area contributed by atoms with E-state index in [1.165, 1.54) is 21.3 Å². The fourth-order valence-electron chi connectivity index (χ4n) is 2.40. The van der Waals surface area contributed by atoms with Crippen LogP contribution in [0.15, 0.2) is 12.1 Å². The van der Waals surface area contributed by atoms with Crippen LogP contribution in [-0.2, 0) is 0 Å². The van der Waals surface area contributed by atoms with E-state index in [2.05, 4.69) is 16.7 Å². The number of benzene rings is 1. The number of aliphatic hydroxyl groups is 1. The SMILES string of the molecule is COc1cc([C@@H]2NC(=S)N[C@@H](O)[C@H]2C#N)cc(OC)c1OC. The number of ether oxygens (including phenoxy) is 3. The summed E-state index contributed by atoms with van der Waals surface area (Å²) in [6.07, 6.45) is -1.05. The molecule has 2 rings (SSSR count). The number of nitriles is 1. The first-order valence-corrected chi connectivity index (χ1v) is 6.91. The standard InChI is InChI=1S/C14H17N3O4S/c1-19-9-4-7(5-10(20-2)12(9)21-3)11-8(6-15)13(18)17-14(22)16-11/h4-5,8,11,13,18H,1-3H3,(H2,16,17,22)/t8-,11-,13-/m0/s1. The van der Waals surface area contributed by atoms with Crippen LogP contribution in [0.3, 0.4) is 0 Å². The molecule has 1 fully saturated rings. The van der Waals surface area contributed by atoms with Gasteiger partial charge in [-0.25, -0.2) is 0 Å². The Kier molecular flexibility index (Phi) is 4.90. The first-order valence-electron chi connectivity index (χ1n) is 6.50. The Bertz CT molecular complexity index is 592. The van der Waals surface area contributed by atoms with Crippen molar-refractivity contribution in [3.63, 3.8) is 0 Å². The van der Waals surface area contributed by atoms with Crippen LogP contribution >= 0.6 is 12.2 Å². The van der Waals surface area contributed by atoms with Crippen LogP contribution < -0.4 is 24.8 Å². The van der Waals surface area contributed by atoms with Gasteiger partial charge < -0.3 is 30.0 Å². The highest BCUT2D eigenvalue weighted by molar-refractivity contribution is 7.80. The number of nitrogens with zero attached hydrogens (tertiary/aromatic N) is 1. The van der Waals surface area contributed by atoms with Crippen molar-refractivity contribution in [2.45, 2.75) is 12.3 Å². The summed E-state index contributed by atoms with van der Waals surface area (Å²) in [6.45, 7) is 0. The molecule has 3 N–H and O–H groups in total. The monoisotopic (exact) mass is 323 g/mol. The molecule has 1 aliphatic heterocycles. The maximum absolute atomic E-state index is 9.98. The molecule has 7 nitrogen and oxygen atoms in total. The largest absolute Gasteiger partial charge is 0.493 e. The number of methoxy groups -OCH3 is 3. The van der Waals surface area contributed by atoms with Gasteiger partial charge in [0.1, 0.15) is 12.1 Å². The van der Waals surface area contributed by atoms with Gasteiger partial charge >= 0.3 is 0 Å². The molecule has 0 unspecified atom stereocenters. The summed E-state index contributed by atoms with van der Waals surface area (Å²) >= 11 is 5.05. The summed E-state index contributed by atoms with van der Waals surface area (Å²) in [5, 5.41) is 25.2. The van der Waals surface area contributed by atoms with Crippen molar-refractivity contribution in [3.05, 3.63) is 17.7 Å². The van der Waals surface area contributed by atoms with E-state index >= 15 is 0 Å². The molecule has 0 aliphatic carbocycles. The number of rotatable bonds is 4. The Morgan fingerprint density at radius 2 is 1.73 bits per heavy atom. The fraction of sp³-hybridized carbons (Fsp3) is 0.429. The summed E-state index contributed by atoms with van der Waals surface area (Å²) in [5.41, 5.74) is 0.698. The van der Waals surface area contributed by atoms with Crippen LogP contribution in [0.2, 0.25) is 0 Å². The molecule has 1 saturated heterocycles. The zero-order valence-corrected chi connectivity index (χ0v) is 13.2. The van der Waals surface area contributed by atoms with Gasteiger partial charge in [-0.05, 0) is 29.9 Å². The molecule has 1 heterocycles. The second-order valence-corrected chi connectivity index (χ2v) is 5.06. The Hall–Kier alpha value is -2.24. The zero-order valence-electron chi connectivity index (χ0n) is 12.4. The molecule has 0 spiro atoms. The molecule has 0 amide bonds. The Morgan fingerprint density at radius 1 is 1.14 bits per heavy atom. The van der Waals surface area contributed by atoms with Gasteiger partial charge in [-0.2, -0.15) is 5.26 Å². The minimum Gasteiger partial charge on any atom is -0.493 e. The van der Waals surface area contributed by atoms with Gasteiger partial charge in [-0.1, -0.05) is 0 Å². The van der Waals surface area contributed by atoms with Crippen molar-refractivity contribution >= 4 is 17.3 Å². The van der Waals surface area contributed by atoms with Gasteiger partial charge in [0, 0.05) is 0 Å². The zero-order chi connectivity index (χ0) is 16.3. The van der Waals surface area contributed by atoms with Crippen molar-refractivity contribution < 1.29 is 19.3 Å². The highest BCUT2D eigenvalue weighted by Crippen LogP contribution is 2.41. The number of thiocarbonyl (C=S) groups is 1. The van der Waals surface area contributed by atoms with E-state index in [0.717, 1.165) is 0 Å². The quantitative estimate of drug-likeness (QED) is 0.697. The van der Waals surface area contributed by atoms with E-state index < -0.39 is 18.2 Å². The van der Waals surface area contributed by atoms with Crippen LogP contribution in [0, 0.1) is 17.2 Å². The van der Waals surface area contributed by atoms with Gasteiger partial charge in [-0.15, -0.1) is 0 Å². The predicted molar refractivity (Wildman–Crippen MR) is 82.8 cm³/mol. The summed E-state index contributed by atoms with van der Waals surface area (Å²) in [7, 11) is 4.54. The smallest absolute Gasteiger partial charge is 0.203 e. The highest BCUT2D eigenvalue weighted by Gasteiger charge is 2.36. The summed E-state index contributed by atoms with van der Waals surface area (Å²) in [6, 6.07) is 5.03. The third-order valence-corrected chi connectivity index (χ3v) is 3.70. The first kappa shape index (κ1) is 16.1. The number of hydrogen-bond acceptors (Lipinski definition) is 6. The lowest BCUT2D eigenvalue weighted by Gasteiger charge is -2.35. The normalized spacial score (nSPS) is 23.8. The Morgan fingerprint density at radius 3 is 2.18 bits per heavy atom. The molecule has 0 bridgehead atoms. The molecule has 0 saturated carbocycles. The molecule has 1 aliphatic rings. The lowest BCUT2D eigenvalue weighted by molar-refractivity contribution is 0.0895. The van der Waals surface area contributed by atoms with Crippen LogP contribution in [0.25, 0.3) is 0 Å². The van der Waals surface area contributed by atoms with E-state index in [0.29, 0.717) is 22.8 Å². The van der Waals surface area contributed by atoms with Crippen LogP contribution in [0.1, 0.15) is 11.6 Å². The molecule has 118 valence electrons. The van der Waals surface area contributed by atoms with Crippen LogP contribution in [-0.4, -0.2) is 37.8 Å². The molecule has 8 heteroatoms. The van der Waals surface area contributed by atoms with E-state index in [4.69, 9.17) is 26.4 Å². The minimum absolute atomic E-state index is 0.276. The second kappa shape index (κ2) is 6.68. The third kappa shape index (κ3) is 2.86.